The molecule has 124 valence electrons. The van der Waals surface area contributed by atoms with E-state index >= 15 is 0 Å². The summed E-state index contributed by atoms with van der Waals surface area (Å²) in [5.74, 6) is 0. The van der Waals surface area contributed by atoms with Crippen LogP contribution in [-0.4, -0.2) is 24.0 Å². The molecule has 0 aliphatic carbocycles. The van der Waals surface area contributed by atoms with Crippen LogP contribution in [-0.2, 0) is 21.6 Å². The van der Waals surface area contributed by atoms with Gasteiger partial charge in [0.1, 0.15) is 0 Å². The minimum Gasteiger partial charge on any atom is -0.385 e. The van der Waals surface area contributed by atoms with Crippen LogP contribution < -0.4 is 0 Å². The molecule has 0 radical (unpaired) electrons. The van der Waals surface area contributed by atoms with E-state index in [0.29, 0.717) is 12.8 Å². The van der Waals surface area contributed by atoms with Crippen molar-refractivity contribution in [3.63, 3.8) is 0 Å². The maximum absolute atomic E-state index is 13.1. The number of benzene rings is 1. The second-order valence-electron chi connectivity index (χ2n) is 6.22. The molecule has 4 nitrogen and oxygen atoms in total. The fourth-order valence-electron chi connectivity index (χ4n) is 3.65. The van der Waals surface area contributed by atoms with Crippen LogP contribution in [0.2, 0.25) is 0 Å². The molecule has 1 aromatic carbocycles. The molecule has 2 bridgehead atoms. The van der Waals surface area contributed by atoms with Gasteiger partial charge in [-0.2, -0.15) is 18.4 Å². The summed E-state index contributed by atoms with van der Waals surface area (Å²) in [7, 11) is -3.29. The molecule has 2 unspecified atom stereocenters. The van der Waals surface area contributed by atoms with Crippen LogP contribution >= 0.6 is 0 Å². The molecule has 8 heteroatoms. The van der Waals surface area contributed by atoms with Crippen molar-refractivity contribution >= 4 is 9.84 Å². The summed E-state index contributed by atoms with van der Waals surface area (Å²) in [5.41, 5.74) is -3.20. The highest BCUT2D eigenvalue weighted by Gasteiger charge is 2.53. The number of hydrogen-bond donors (Lipinski definition) is 1. The van der Waals surface area contributed by atoms with Gasteiger partial charge in [0.15, 0.2) is 9.84 Å². The molecule has 2 aliphatic rings. The molecular formula is C15H14F3NO3S. The summed E-state index contributed by atoms with van der Waals surface area (Å²) < 4.78 is 63.4. The average molecular weight is 345 g/mol. The standard InChI is InChI=1S/C15H14F3NO3S/c16-15(17,18)13-5-10(2-1-9(13)8-19)14(20)6-11-3-4-12(7-14)23(11,21)22/h1-2,5,11-12,20H,3-4,6-7H2. The first-order chi connectivity index (χ1) is 10.6. The summed E-state index contributed by atoms with van der Waals surface area (Å²) in [5, 5.41) is 18.2. The molecule has 0 amide bonds. The summed E-state index contributed by atoms with van der Waals surface area (Å²) in [4.78, 5) is 0. The quantitative estimate of drug-likeness (QED) is 0.848. The molecule has 0 saturated carbocycles. The lowest BCUT2D eigenvalue weighted by Crippen LogP contribution is -2.43. The first kappa shape index (κ1) is 16.3. The molecule has 1 aromatic rings. The van der Waals surface area contributed by atoms with E-state index in [9.17, 15) is 26.7 Å². The molecule has 2 fully saturated rings. The van der Waals surface area contributed by atoms with Crippen molar-refractivity contribution in [2.45, 2.75) is 48.0 Å². The number of nitriles is 1. The predicted octanol–water partition coefficient (Wildman–Crippen LogP) is 2.50. The first-order valence-electron chi connectivity index (χ1n) is 7.15. The van der Waals surface area contributed by atoms with Gasteiger partial charge in [-0.05, 0) is 43.4 Å². The Hall–Kier alpha value is -1.59. The highest BCUT2D eigenvalue weighted by molar-refractivity contribution is 7.93. The van der Waals surface area contributed by atoms with Crippen LogP contribution in [0.4, 0.5) is 13.2 Å². The van der Waals surface area contributed by atoms with Gasteiger partial charge in [0.2, 0.25) is 0 Å². The Bertz CT molecular complexity index is 775. The monoisotopic (exact) mass is 345 g/mol. The molecule has 2 atom stereocenters. The van der Waals surface area contributed by atoms with E-state index in [1.165, 1.54) is 12.1 Å². The van der Waals surface area contributed by atoms with Gasteiger partial charge in [0, 0.05) is 0 Å². The van der Waals surface area contributed by atoms with Crippen LogP contribution in [0.5, 0.6) is 0 Å². The highest BCUT2D eigenvalue weighted by Crippen LogP contribution is 2.48. The lowest BCUT2D eigenvalue weighted by atomic mass is 9.84. The molecule has 2 saturated heterocycles. The van der Waals surface area contributed by atoms with Gasteiger partial charge in [0.05, 0.1) is 33.3 Å². The third-order valence-electron chi connectivity index (χ3n) is 4.85. The summed E-state index contributed by atoms with van der Waals surface area (Å²) in [6, 6.07) is 4.58. The van der Waals surface area contributed by atoms with E-state index in [1.807, 2.05) is 0 Å². The molecule has 2 aliphatic heterocycles. The van der Waals surface area contributed by atoms with Crippen molar-refractivity contribution in [1.29, 1.82) is 5.26 Å². The Morgan fingerprint density at radius 3 is 2.26 bits per heavy atom. The minimum atomic E-state index is -4.71. The van der Waals surface area contributed by atoms with Crippen LogP contribution in [0.25, 0.3) is 0 Å². The van der Waals surface area contributed by atoms with E-state index in [2.05, 4.69) is 0 Å². The Balaban J connectivity index is 2.05. The second-order valence-corrected chi connectivity index (χ2v) is 8.73. The van der Waals surface area contributed by atoms with E-state index < -0.39 is 43.2 Å². The zero-order valence-electron chi connectivity index (χ0n) is 12.0. The fraction of sp³-hybridized carbons (Fsp3) is 0.533. The molecule has 3 rings (SSSR count). The van der Waals surface area contributed by atoms with E-state index in [0.717, 1.165) is 12.1 Å². The average Bonchev–Trinajstić information content (AvgIpc) is 2.65. The number of fused-ring (bicyclic) bond motifs is 2. The van der Waals surface area contributed by atoms with E-state index in [1.54, 1.807) is 0 Å². The van der Waals surface area contributed by atoms with Crippen molar-refractivity contribution < 1.29 is 26.7 Å². The summed E-state index contributed by atoms with van der Waals surface area (Å²) >= 11 is 0. The van der Waals surface area contributed by atoms with Gasteiger partial charge in [-0.15, -0.1) is 0 Å². The molecule has 23 heavy (non-hydrogen) atoms. The molecular weight excluding hydrogens is 331 g/mol. The van der Waals surface area contributed by atoms with Gasteiger partial charge in [0.25, 0.3) is 0 Å². The number of sulfone groups is 1. The normalized spacial score (nSPS) is 32.5. The van der Waals surface area contributed by atoms with Gasteiger partial charge < -0.3 is 5.11 Å². The fourth-order valence-corrected chi connectivity index (χ4v) is 6.14. The van der Waals surface area contributed by atoms with Crippen molar-refractivity contribution in [3.05, 3.63) is 34.9 Å². The van der Waals surface area contributed by atoms with E-state index in [-0.39, 0.29) is 18.4 Å². The maximum atomic E-state index is 13.1. The molecule has 0 spiro atoms. The molecule has 2 heterocycles. The number of aliphatic hydroxyl groups is 1. The first-order valence-corrected chi connectivity index (χ1v) is 8.76. The summed E-state index contributed by atoms with van der Waals surface area (Å²) in [6.45, 7) is 0. The number of alkyl halides is 3. The second kappa shape index (κ2) is 4.95. The Morgan fingerprint density at radius 1 is 1.22 bits per heavy atom. The zero-order valence-corrected chi connectivity index (χ0v) is 12.8. The zero-order chi connectivity index (χ0) is 17.0. The summed E-state index contributed by atoms with van der Waals surface area (Å²) in [6.07, 6.45) is -4.06. The number of hydrogen-bond acceptors (Lipinski definition) is 4. The third kappa shape index (κ3) is 2.52. The predicted molar refractivity (Wildman–Crippen MR) is 75.0 cm³/mol. The molecule has 1 N–H and O–H groups in total. The molecule has 0 aromatic heterocycles. The van der Waals surface area contributed by atoms with Crippen molar-refractivity contribution in [1.82, 2.24) is 0 Å². The smallest absolute Gasteiger partial charge is 0.385 e. The Labute approximate surface area is 131 Å². The highest BCUT2D eigenvalue weighted by atomic mass is 32.2. The van der Waals surface area contributed by atoms with Gasteiger partial charge in [-0.1, -0.05) is 6.07 Å². The van der Waals surface area contributed by atoms with Gasteiger partial charge in [-0.3, -0.25) is 0 Å². The van der Waals surface area contributed by atoms with Crippen LogP contribution in [0.1, 0.15) is 42.4 Å². The van der Waals surface area contributed by atoms with Crippen LogP contribution in [0.15, 0.2) is 18.2 Å². The largest absolute Gasteiger partial charge is 0.417 e. The number of nitrogens with zero attached hydrogens (tertiary/aromatic N) is 1. The number of halogens is 3. The van der Waals surface area contributed by atoms with Gasteiger partial charge in [-0.25, -0.2) is 8.42 Å². The Kier molecular flexibility index (Phi) is 3.50. The van der Waals surface area contributed by atoms with Crippen LogP contribution in [0.3, 0.4) is 0 Å². The maximum Gasteiger partial charge on any atom is 0.417 e. The van der Waals surface area contributed by atoms with Crippen molar-refractivity contribution in [3.8, 4) is 6.07 Å². The third-order valence-corrected chi connectivity index (χ3v) is 7.52. The topological polar surface area (TPSA) is 78.2 Å². The Morgan fingerprint density at radius 2 is 1.78 bits per heavy atom. The van der Waals surface area contributed by atoms with Crippen molar-refractivity contribution in [2.24, 2.45) is 0 Å². The van der Waals surface area contributed by atoms with Crippen LogP contribution in [0, 0.1) is 11.3 Å². The minimum absolute atomic E-state index is 0.0237. The lowest BCUT2D eigenvalue weighted by molar-refractivity contribution is -0.138. The number of rotatable bonds is 1. The van der Waals surface area contributed by atoms with Crippen molar-refractivity contribution in [2.75, 3.05) is 0 Å². The van der Waals surface area contributed by atoms with Gasteiger partial charge >= 0.3 is 6.18 Å². The van der Waals surface area contributed by atoms with E-state index in [4.69, 9.17) is 5.26 Å². The SMILES string of the molecule is N#Cc1ccc(C2(O)CC3CCC(C2)S3(=O)=O)cc1C(F)(F)F. The lowest BCUT2D eigenvalue weighted by Gasteiger charge is -2.36.